The van der Waals surface area contributed by atoms with Gasteiger partial charge in [0.2, 0.25) is 5.91 Å². The van der Waals surface area contributed by atoms with Gasteiger partial charge in [0.25, 0.3) is 0 Å². The zero-order valence-corrected chi connectivity index (χ0v) is 16.7. The van der Waals surface area contributed by atoms with Gasteiger partial charge >= 0.3 is 0 Å². The Morgan fingerprint density at radius 3 is 2.44 bits per heavy atom. The summed E-state index contributed by atoms with van der Waals surface area (Å²) in [4.78, 5) is 17.0. The van der Waals surface area contributed by atoms with Crippen molar-refractivity contribution in [2.75, 3.05) is 32.7 Å². The van der Waals surface area contributed by atoms with Crippen LogP contribution in [0.25, 0.3) is 6.08 Å². The van der Waals surface area contributed by atoms with Crippen molar-refractivity contribution >= 4 is 12.0 Å². The van der Waals surface area contributed by atoms with Crippen LogP contribution in [-0.4, -0.2) is 58.2 Å². The lowest BCUT2D eigenvalue weighted by Crippen LogP contribution is -2.48. The Morgan fingerprint density at radius 1 is 1.11 bits per heavy atom. The number of hydrogen-bond donors (Lipinski definition) is 0. The number of rotatable bonds is 6. The van der Waals surface area contributed by atoms with Crippen LogP contribution in [0.4, 0.5) is 0 Å². The molecule has 0 saturated carbocycles. The van der Waals surface area contributed by atoms with Crippen molar-refractivity contribution in [3.8, 4) is 0 Å². The van der Waals surface area contributed by atoms with Crippen molar-refractivity contribution < 1.29 is 4.79 Å². The molecule has 1 amide bonds. The average Bonchev–Trinajstić information content (AvgIpc) is 2.93. The Morgan fingerprint density at radius 2 is 1.81 bits per heavy atom. The Labute approximate surface area is 162 Å². The van der Waals surface area contributed by atoms with Crippen LogP contribution in [0.2, 0.25) is 0 Å². The van der Waals surface area contributed by atoms with Gasteiger partial charge < -0.3 is 4.90 Å². The Kier molecular flexibility index (Phi) is 6.45. The minimum Gasteiger partial charge on any atom is -0.340 e. The quantitative estimate of drug-likeness (QED) is 0.789. The van der Waals surface area contributed by atoms with Crippen LogP contribution in [0.15, 0.2) is 36.4 Å². The molecule has 144 valence electrons. The predicted octanol–water partition coefficient (Wildman–Crippen LogP) is 2.83. The highest BCUT2D eigenvalue weighted by atomic mass is 16.2. The summed E-state index contributed by atoms with van der Waals surface area (Å²) < 4.78 is 1.90. The van der Waals surface area contributed by atoms with Gasteiger partial charge in [-0.1, -0.05) is 42.5 Å². The van der Waals surface area contributed by atoms with E-state index < -0.39 is 0 Å². The number of amides is 1. The third-order valence-corrected chi connectivity index (χ3v) is 5.45. The molecule has 0 N–H and O–H groups in total. The predicted molar refractivity (Wildman–Crippen MR) is 109 cm³/mol. The maximum atomic E-state index is 12.6. The number of carbonyl (C=O) groups excluding carboxylic acids is 1. The van der Waals surface area contributed by atoms with E-state index in [4.69, 9.17) is 0 Å². The van der Waals surface area contributed by atoms with E-state index in [1.807, 2.05) is 29.6 Å². The molecule has 0 bridgehead atoms. The van der Waals surface area contributed by atoms with E-state index in [9.17, 15) is 4.79 Å². The molecule has 0 radical (unpaired) electrons. The van der Waals surface area contributed by atoms with Crippen molar-refractivity contribution in [1.29, 1.82) is 0 Å². The van der Waals surface area contributed by atoms with Crippen LogP contribution >= 0.6 is 0 Å². The first-order valence-electron chi connectivity index (χ1n) is 9.75. The molecule has 1 aromatic carbocycles. The first-order chi connectivity index (χ1) is 13.0. The van der Waals surface area contributed by atoms with Gasteiger partial charge in [0.1, 0.15) is 0 Å². The van der Waals surface area contributed by atoms with Gasteiger partial charge in [-0.15, -0.1) is 0 Å². The Balaban J connectivity index is 1.42. The minimum absolute atomic E-state index is 0.261. The molecule has 1 aliphatic rings. The molecule has 5 nitrogen and oxygen atoms in total. The molecule has 1 saturated heterocycles. The van der Waals surface area contributed by atoms with Gasteiger partial charge in [-0.3, -0.25) is 14.4 Å². The van der Waals surface area contributed by atoms with Crippen LogP contribution in [0.3, 0.4) is 0 Å². The lowest BCUT2D eigenvalue weighted by molar-refractivity contribution is -0.132. The lowest BCUT2D eigenvalue weighted by Gasteiger charge is -2.34. The summed E-state index contributed by atoms with van der Waals surface area (Å²) in [6.07, 6.45) is 5.72. The van der Waals surface area contributed by atoms with Crippen molar-refractivity contribution in [2.24, 2.45) is 7.05 Å². The molecule has 3 rings (SSSR count). The molecular weight excluding hydrogens is 336 g/mol. The second kappa shape index (κ2) is 9.00. The monoisotopic (exact) mass is 366 g/mol. The second-order valence-electron chi connectivity index (χ2n) is 7.27. The molecule has 1 aromatic heterocycles. The molecule has 1 aliphatic heterocycles. The number of piperazine rings is 1. The van der Waals surface area contributed by atoms with Crippen molar-refractivity contribution in [2.45, 2.75) is 26.7 Å². The summed E-state index contributed by atoms with van der Waals surface area (Å²) in [7, 11) is 1.96. The van der Waals surface area contributed by atoms with Gasteiger partial charge in [-0.05, 0) is 31.4 Å². The zero-order chi connectivity index (χ0) is 19.2. The summed E-state index contributed by atoms with van der Waals surface area (Å²) in [6, 6.07) is 10.4. The van der Waals surface area contributed by atoms with E-state index in [2.05, 4.69) is 53.3 Å². The van der Waals surface area contributed by atoms with E-state index in [-0.39, 0.29) is 5.91 Å². The maximum Gasteiger partial charge on any atom is 0.222 e. The summed E-state index contributed by atoms with van der Waals surface area (Å²) >= 11 is 0. The fourth-order valence-electron chi connectivity index (χ4n) is 3.65. The number of carbonyl (C=O) groups is 1. The van der Waals surface area contributed by atoms with E-state index in [0.29, 0.717) is 6.42 Å². The van der Waals surface area contributed by atoms with Crippen LogP contribution in [0, 0.1) is 13.8 Å². The highest BCUT2D eigenvalue weighted by Gasteiger charge is 2.21. The largest absolute Gasteiger partial charge is 0.340 e. The van der Waals surface area contributed by atoms with E-state index >= 15 is 0 Å². The standard InChI is InChI=1S/C22H30N4O/c1-18-21(19(2)24(3)23-18)11-12-22(27)26-16-14-25(15-17-26)13-7-10-20-8-5-4-6-9-20/h4-10H,11-17H2,1-3H3. The van der Waals surface area contributed by atoms with Crippen molar-refractivity contribution in [3.05, 3.63) is 58.9 Å². The number of nitrogens with zero attached hydrogens (tertiary/aromatic N) is 4. The molecule has 2 heterocycles. The summed E-state index contributed by atoms with van der Waals surface area (Å²) in [5, 5.41) is 4.44. The fraction of sp³-hybridized carbons (Fsp3) is 0.455. The summed E-state index contributed by atoms with van der Waals surface area (Å²) in [5.74, 6) is 0.261. The first kappa shape index (κ1) is 19.4. The smallest absolute Gasteiger partial charge is 0.222 e. The molecule has 5 heteroatoms. The minimum atomic E-state index is 0.261. The SMILES string of the molecule is Cc1nn(C)c(C)c1CCC(=O)N1CCN(CC=Cc2ccccc2)CC1. The average molecular weight is 367 g/mol. The van der Waals surface area contributed by atoms with E-state index in [0.717, 1.165) is 50.5 Å². The zero-order valence-electron chi connectivity index (χ0n) is 16.7. The normalized spacial score (nSPS) is 15.6. The molecule has 0 atom stereocenters. The topological polar surface area (TPSA) is 41.4 Å². The molecule has 1 fully saturated rings. The van der Waals surface area contributed by atoms with Gasteiger partial charge in [0.05, 0.1) is 5.69 Å². The third-order valence-electron chi connectivity index (χ3n) is 5.45. The van der Waals surface area contributed by atoms with Crippen molar-refractivity contribution in [1.82, 2.24) is 19.6 Å². The summed E-state index contributed by atoms with van der Waals surface area (Å²) in [6.45, 7) is 8.55. The molecule has 27 heavy (non-hydrogen) atoms. The van der Waals surface area contributed by atoms with Crippen LogP contribution in [0.1, 0.15) is 28.9 Å². The number of hydrogen-bond acceptors (Lipinski definition) is 3. The highest BCUT2D eigenvalue weighted by molar-refractivity contribution is 5.76. The first-order valence-corrected chi connectivity index (χ1v) is 9.75. The molecule has 0 unspecified atom stereocenters. The van der Waals surface area contributed by atoms with E-state index in [1.54, 1.807) is 0 Å². The molecule has 0 spiro atoms. The maximum absolute atomic E-state index is 12.6. The molecule has 0 aliphatic carbocycles. The fourth-order valence-corrected chi connectivity index (χ4v) is 3.65. The molecular formula is C22H30N4O. The summed E-state index contributed by atoms with van der Waals surface area (Å²) in [5.41, 5.74) is 4.65. The highest BCUT2D eigenvalue weighted by Crippen LogP contribution is 2.15. The molecule has 2 aromatic rings. The third kappa shape index (κ3) is 5.07. The Hall–Kier alpha value is -2.40. The number of aromatic nitrogens is 2. The van der Waals surface area contributed by atoms with Crippen molar-refractivity contribution in [3.63, 3.8) is 0 Å². The van der Waals surface area contributed by atoms with Crippen LogP contribution < -0.4 is 0 Å². The number of aryl methyl sites for hydroxylation is 2. The van der Waals surface area contributed by atoms with Crippen LogP contribution in [0.5, 0.6) is 0 Å². The van der Waals surface area contributed by atoms with Gasteiger partial charge in [-0.2, -0.15) is 5.10 Å². The van der Waals surface area contributed by atoms with Gasteiger partial charge in [0, 0.05) is 51.9 Å². The van der Waals surface area contributed by atoms with E-state index in [1.165, 1.54) is 11.1 Å². The van der Waals surface area contributed by atoms with Gasteiger partial charge in [-0.25, -0.2) is 0 Å². The van der Waals surface area contributed by atoms with Crippen LogP contribution in [-0.2, 0) is 18.3 Å². The second-order valence-corrected chi connectivity index (χ2v) is 7.27. The van der Waals surface area contributed by atoms with Gasteiger partial charge in [0.15, 0.2) is 0 Å². The lowest BCUT2D eigenvalue weighted by atomic mass is 10.1. The number of benzene rings is 1. The Bertz CT molecular complexity index is 786.